The van der Waals surface area contributed by atoms with Crippen LogP contribution in [0.4, 0.5) is 0 Å². The number of ketones is 1. The third-order valence-electron chi connectivity index (χ3n) is 20.7. The molecule has 0 aliphatic carbocycles. The van der Waals surface area contributed by atoms with E-state index in [2.05, 4.69) is 56.3 Å². The third kappa shape index (κ3) is 18.5. The molecule has 0 bridgehead atoms. The zero-order chi connectivity index (χ0) is 84.8. The number of aromatic nitrogens is 12. The van der Waals surface area contributed by atoms with Crippen molar-refractivity contribution in [3.05, 3.63) is 163 Å². The first kappa shape index (κ1) is 97.0. The van der Waals surface area contributed by atoms with E-state index in [-0.39, 0.29) is 81.9 Å². The average Bonchev–Trinajstić information content (AvgIpc) is 1.57. The van der Waals surface area contributed by atoms with Crippen LogP contribution in [0.25, 0.3) is 44.1 Å². The Bertz CT molecular complexity index is 5370. The second kappa shape index (κ2) is 37.4. The van der Waals surface area contributed by atoms with Crippen molar-refractivity contribution < 1.29 is 108 Å². The van der Waals surface area contributed by atoms with Crippen molar-refractivity contribution in [2.45, 2.75) is 202 Å². The summed E-state index contributed by atoms with van der Waals surface area (Å²) in [4.78, 5) is 80.5. The van der Waals surface area contributed by atoms with E-state index in [9.17, 15) is 24.6 Å². The normalized spacial score (nSPS) is 29.4. The molecule has 44 heteroatoms. The molecule has 10 aromatic rings. The zero-order valence-corrected chi connectivity index (χ0v) is 77.1. The van der Waals surface area contributed by atoms with Crippen molar-refractivity contribution in [2.75, 3.05) is 34.9 Å². The second-order valence-electron chi connectivity index (χ2n) is 30.4. The molecule has 8 aromatic heterocycles. The molecule has 120 heavy (non-hydrogen) atoms. The number of benzene rings is 2. The number of hydrogen-bond acceptors (Lipinski definition) is 27. The number of aliphatic carboxylic acids is 1. The number of aliphatic hydroxyl groups is 1. The summed E-state index contributed by atoms with van der Waals surface area (Å²) in [5.41, 5.74) is 1.24. The van der Waals surface area contributed by atoms with Gasteiger partial charge in [-0.1, -0.05) is 79.7 Å². The first-order valence-corrected chi connectivity index (χ1v) is 39.3. The van der Waals surface area contributed by atoms with Crippen molar-refractivity contribution in [2.24, 2.45) is 0 Å². The van der Waals surface area contributed by atoms with Crippen molar-refractivity contribution in [3.8, 4) is 0 Å². The minimum Gasteiger partial charge on any atom is -1.00 e. The van der Waals surface area contributed by atoms with Crippen LogP contribution in [-0.2, 0) is 76.1 Å². The number of Topliss-reactive ketones (excluding diaryl/α,β-unsaturated/α-hetero) is 1. The van der Waals surface area contributed by atoms with Crippen LogP contribution in [0.3, 0.4) is 0 Å². The maximum absolute atomic E-state index is 13.5. The van der Waals surface area contributed by atoms with Crippen LogP contribution in [0, 0.1) is 6.07 Å². The Balaban J connectivity index is 0.000000160. The molecule has 3 N–H and O–H groups in total. The van der Waals surface area contributed by atoms with Gasteiger partial charge in [-0.15, -0.1) is 24.0 Å². The number of amides is 1. The van der Waals surface area contributed by atoms with Gasteiger partial charge in [0.25, 0.3) is 5.91 Å². The summed E-state index contributed by atoms with van der Waals surface area (Å²) >= 11 is 47.8. The van der Waals surface area contributed by atoms with E-state index in [0.717, 1.165) is 10.4 Å². The third-order valence-corrected chi connectivity index (χ3v) is 23.4. The molecule has 0 saturated carbocycles. The fourth-order valence-electron chi connectivity index (χ4n) is 15.8. The van der Waals surface area contributed by atoms with Gasteiger partial charge in [-0.2, -0.15) is 35.9 Å². The molecule has 0 spiro atoms. The van der Waals surface area contributed by atoms with E-state index in [4.69, 9.17) is 154 Å². The number of aliphatic hydroxyl groups excluding tert-OH is 1. The molecule has 16 atom stereocenters. The van der Waals surface area contributed by atoms with Crippen LogP contribution in [0.2, 0.25) is 40.7 Å². The number of hydroxylamine groups is 3. The standard InChI is InChI=1S/C21H18Cl3N3O4.C17H21ClN4O5.C15H16ClN3O5.C15H18ClN3O4.C6H3Cl2.C2H7NO.BrH.ClH.Mg/c1-20(2)30-16-19(27-7-6-11-17(24)25-9-26-18(11)27)29-15(21(16,3)31-20)14(28)10-4-5-12(22)13(23)8-10;1-16(2)26-11-15(22-7-6-9-12(18)19-8-20-13(9)22)25-10(17(11,3)27-16)14(23)21(4)24-5;1-14(2)23-8-12(22-9(13(20)21)15(8,3)24-14)19-5-4-7-10(16)17-6-18-11(7)19;1-14(2)22-10-13(21-9(6-20)15(10,3)23-14)19-5-4-8-11(16)17-7-18-12(8)19;7-5-3-1-2-4-6(5)8;1-3-4-2;;;/h4-9,15-16,19H,1-3H3;6-8,10-11,15H,1-5H3;4-6,8-9,12H,1-3H3,(H,20,21);4-5,7,9-10,13,20H,6H2,1-3H3;1,3-4H;3H,1-2H3;2*1H;/q;;;;-1;;;;+2/p-1/t15-,16+,19-,21-;10-,11+,15-,17-;8-,9+,12+,15-;9-,10+,13-,15-;;;;;/m1101...../s1. The molecule has 18 rings (SSSR count). The fraction of sp³-hybridized carbons (Fsp3) is 0.487. The summed E-state index contributed by atoms with van der Waals surface area (Å²) in [5.74, 6) is -5.18. The Morgan fingerprint density at radius 2 is 0.825 bits per heavy atom. The minimum atomic E-state index is -1.16. The zero-order valence-electron chi connectivity index (χ0n) is 67.2. The van der Waals surface area contributed by atoms with E-state index < -0.39 is 119 Å². The number of nitrogens with zero attached hydrogens (tertiary/aromatic N) is 13. The Labute approximate surface area is 761 Å². The van der Waals surface area contributed by atoms with Gasteiger partial charge in [-0.3, -0.25) is 14.4 Å². The molecule has 0 unspecified atom stereocenters. The molecule has 8 saturated heterocycles. The van der Waals surface area contributed by atoms with Gasteiger partial charge in [0.15, 0.2) is 72.2 Å². The summed E-state index contributed by atoms with van der Waals surface area (Å²) in [7, 11) is 6.22. The molecule has 33 nitrogen and oxygen atoms in total. The predicted molar refractivity (Wildman–Crippen MR) is 439 cm³/mol. The van der Waals surface area contributed by atoms with Crippen LogP contribution < -0.4 is 22.5 Å². The maximum Gasteiger partial charge on any atom is 2.00 e. The average molecular weight is 1920 g/mol. The van der Waals surface area contributed by atoms with Gasteiger partial charge in [0.2, 0.25) is 0 Å². The van der Waals surface area contributed by atoms with Gasteiger partial charge in [-0.05, 0) is 126 Å². The van der Waals surface area contributed by atoms with Crippen LogP contribution >= 0.6 is 105 Å². The summed E-state index contributed by atoms with van der Waals surface area (Å²) in [5, 5.41) is 26.3. The minimum absolute atomic E-state index is 0. The van der Waals surface area contributed by atoms with Crippen LogP contribution in [0.15, 0.2) is 111 Å². The SMILES string of the molecule is CC1(C)O[C@H]2[C@H](n3ccc4c(Cl)ncnc43)O[C@H](C(=O)O)[C@@]2(C)O1.CC1(C)O[C@H]2[C@H](n3ccc4c(Cl)ncnc43)O[C@H](C(=O)c3ccc(Cl)c(Cl)c3)[C@@]2(C)O1.CC1(C)O[C@H]2[C@H](n3ccc4c(Cl)ncnc43)O[C@H](CO)[C@@]2(C)O1.CNOC.CON(C)C(=O)[C@H]1O[C@@H](n2ccc3c(Cl)ncnc32)[C@@H]2OC(C)(C)O[C@]12C.Cl.Clc1c[c-]ccc1Cl.[Br-].[Mg+2]. The van der Waals surface area contributed by atoms with Gasteiger partial charge in [-0.25, -0.2) is 55.2 Å². The topological polar surface area (TPSA) is 359 Å². The first-order valence-electron chi connectivity index (χ1n) is 36.3. The number of halogens is 10. The van der Waals surface area contributed by atoms with E-state index in [1.807, 2.05) is 65.3 Å². The number of carbonyl (C=O) groups is 3. The predicted octanol–water partition coefficient (Wildman–Crippen LogP) is 10.5. The van der Waals surface area contributed by atoms with E-state index in [1.54, 1.807) is 130 Å². The molecule has 8 fully saturated rings. The number of fused-ring (bicyclic) bond motifs is 8. The molecule has 2 aromatic carbocycles. The summed E-state index contributed by atoms with van der Waals surface area (Å²) in [6.07, 6.45) is 4.54. The molecule has 8 aliphatic rings. The monoisotopic (exact) mass is 1910 g/mol. The van der Waals surface area contributed by atoms with Crippen molar-refractivity contribution >= 4 is 190 Å². The van der Waals surface area contributed by atoms with Gasteiger partial charge in [0.1, 0.15) is 121 Å². The number of hydrogen-bond donors (Lipinski definition) is 3. The molecule has 8 aliphatic heterocycles. The molecule has 16 heterocycles. The fourth-order valence-corrected chi connectivity index (χ4v) is 17.1. The summed E-state index contributed by atoms with van der Waals surface area (Å²) < 4.78 is 80.1. The Hall–Kier alpha value is -5.25. The van der Waals surface area contributed by atoms with Crippen molar-refractivity contribution in [1.82, 2.24) is 68.7 Å². The Morgan fingerprint density at radius 1 is 0.492 bits per heavy atom. The number of carboxylic acid groups (broad SMARTS) is 1. The van der Waals surface area contributed by atoms with Gasteiger partial charge in [0.05, 0.1) is 52.4 Å². The maximum atomic E-state index is 13.5. The van der Waals surface area contributed by atoms with Gasteiger partial charge < -0.3 is 107 Å². The number of nitrogens with one attached hydrogen (secondary N) is 1. The number of likely N-dealkylation sites (N-methyl/N-ethyl adjacent to an activating group) is 1. The van der Waals surface area contributed by atoms with E-state index in [0.29, 0.717) is 80.0 Å². The van der Waals surface area contributed by atoms with E-state index in [1.165, 1.54) is 45.5 Å². The van der Waals surface area contributed by atoms with Crippen molar-refractivity contribution in [1.29, 1.82) is 0 Å². The number of ether oxygens (including phenoxy) is 12. The van der Waals surface area contributed by atoms with Crippen LogP contribution in [0.1, 0.15) is 118 Å². The Kier molecular flexibility index (Phi) is 30.2. The number of carboxylic acids is 1. The summed E-state index contributed by atoms with van der Waals surface area (Å²) in [6.45, 7) is 21.5. The van der Waals surface area contributed by atoms with Gasteiger partial charge >= 0.3 is 29.0 Å². The first-order chi connectivity index (χ1) is 55.1. The van der Waals surface area contributed by atoms with Crippen molar-refractivity contribution in [3.63, 3.8) is 0 Å². The quantitative estimate of drug-likeness (QED) is 0.0356. The number of rotatable bonds is 11. The second-order valence-corrected chi connectivity index (χ2v) is 33.5. The van der Waals surface area contributed by atoms with Gasteiger partial charge in [0, 0.05) is 44.4 Å². The number of carbonyl (C=O) groups excluding carboxylic acids is 2. The largest absolute Gasteiger partial charge is 2.00 e. The molecule has 644 valence electrons. The molecular formula is C76H84BrCl9MgN14O19. The van der Waals surface area contributed by atoms with Crippen LogP contribution in [-0.4, -0.2) is 243 Å². The van der Waals surface area contributed by atoms with E-state index >= 15 is 0 Å². The molecular weight excluding hydrogens is 1840 g/mol. The molecule has 0 radical (unpaired) electrons. The van der Waals surface area contributed by atoms with Crippen LogP contribution in [0.5, 0.6) is 0 Å². The molecule has 1 amide bonds. The Morgan fingerprint density at radius 3 is 1.16 bits per heavy atom. The summed E-state index contributed by atoms with van der Waals surface area (Å²) in [6, 6.07) is 19.8. The smallest absolute Gasteiger partial charge is 1.00 e.